The summed E-state index contributed by atoms with van der Waals surface area (Å²) >= 11 is 0. The number of nitrogens with zero attached hydrogens (tertiary/aromatic N) is 2. The summed E-state index contributed by atoms with van der Waals surface area (Å²) in [4.78, 5) is 13.4. The lowest BCUT2D eigenvalue weighted by atomic mass is 10.1. The van der Waals surface area contributed by atoms with Gasteiger partial charge in [0.2, 0.25) is 5.91 Å². The van der Waals surface area contributed by atoms with Gasteiger partial charge in [-0.05, 0) is 25.8 Å². The number of rotatable bonds is 3. The van der Waals surface area contributed by atoms with Crippen molar-refractivity contribution in [1.82, 2.24) is 15.5 Å². The van der Waals surface area contributed by atoms with E-state index in [1.165, 1.54) is 6.08 Å². The molecule has 1 aliphatic heterocycles. The molecule has 5 nitrogen and oxygen atoms in total. The highest BCUT2D eigenvalue weighted by Gasteiger charge is 2.21. The first-order chi connectivity index (χ1) is 8.19. The lowest BCUT2D eigenvalue weighted by Gasteiger charge is -2.32. The fraction of sp³-hybridized carbons (Fsp3) is 0.500. The highest BCUT2D eigenvalue weighted by molar-refractivity contribution is 5.87. The second kappa shape index (κ2) is 5.03. The maximum atomic E-state index is 11.2. The third-order valence-electron chi connectivity index (χ3n) is 3.04. The Morgan fingerprint density at radius 3 is 2.88 bits per heavy atom. The zero-order valence-corrected chi connectivity index (χ0v) is 10.1. The summed E-state index contributed by atoms with van der Waals surface area (Å²) in [5.41, 5.74) is 1.07. The summed E-state index contributed by atoms with van der Waals surface area (Å²) in [7, 11) is 0. The zero-order valence-electron chi connectivity index (χ0n) is 10.1. The zero-order chi connectivity index (χ0) is 12.3. The van der Waals surface area contributed by atoms with Gasteiger partial charge in [0.15, 0.2) is 5.82 Å². The van der Waals surface area contributed by atoms with Crippen LogP contribution in [0.15, 0.2) is 18.7 Å². The molecule has 2 N–H and O–H groups in total. The van der Waals surface area contributed by atoms with Crippen molar-refractivity contribution in [3.05, 3.63) is 24.4 Å². The van der Waals surface area contributed by atoms with E-state index in [-0.39, 0.29) is 11.9 Å². The van der Waals surface area contributed by atoms with Gasteiger partial charge in [-0.3, -0.25) is 9.89 Å². The second-order valence-corrected chi connectivity index (χ2v) is 4.38. The summed E-state index contributed by atoms with van der Waals surface area (Å²) in [6.07, 6.45) is 3.22. The molecule has 1 fully saturated rings. The van der Waals surface area contributed by atoms with E-state index in [4.69, 9.17) is 0 Å². The van der Waals surface area contributed by atoms with Gasteiger partial charge in [-0.15, -0.1) is 0 Å². The van der Waals surface area contributed by atoms with E-state index < -0.39 is 0 Å². The second-order valence-electron chi connectivity index (χ2n) is 4.38. The predicted molar refractivity (Wildman–Crippen MR) is 66.9 cm³/mol. The summed E-state index contributed by atoms with van der Waals surface area (Å²) in [6.45, 7) is 7.29. The van der Waals surface area contributed by atoms with Crippen LogP contribution in [0.4, 0.5) is 5.82 Å². The quantitative estimate of drug-likeness (QED) is 0.767. The average molecular weight is 234 g/mol. The third-order valence-corrected chi connectivity index (χ3v) is 3.04. The molecule has 0 saturated carbocycles. The van der Waals surface area contributed by atoms with Crippen LogP contribution < -0.4 is 10.2 Å². The van der Waals surface area contributed by atoms with E-state index in [1.54, 1.807) is 0 Å². The Morgan fingerprint density at radius 2 is 2.35 bits per heavy atom. The molecule has 0 radical (unpaired) electrons. The molecule has 1 aliphatic rings. The number of carbonyl (C=O) groups is 1. The highest BCUT2D eigenvalue weighted by atomic mass is 16.1. The van der Waals surface area contributed by atoms with E-state index in [2.05, 4.69) is 27.0 Å². The minimum Gasteiger partial charge on any atom is -0.355 e. The van der Waals surface area contributed by atoms with Crippen LogP contribution in [0, 0.1) is 6.92 Å². The Kier molecular flexibility index (Phi) is 3.46. The lowest BCUT2D eigenvalue weighted by molar-refractivity contribution is -0.117. The molecule has 1 aromatic heterocycles. The summed E-state index contributed by atoms with van der Waals surface area (Å²) < 4.78 is 0. The van der Waals surface area contributed by atoms with Gasteiger partial charge in [0, 0.05) is 30.9 Å². The summed E-state index contributed by atoms with van der Waals surface area (Å²) in [5, 5.41) is 10.1. The molecule has 17 heavy (non-hydrogen) atoms. The maximum Gasteiger partial charge on any atom is 0.243 e. The predicted octanol–water partition coefficient (Wildman–Crippen LogP) is 0.989. The van der Waals surface area contributed by atoms with Gasteiger partial charge < -0.3 is 10.2 Å². The van der Waals surface area contributed by atoms with Crippen LogP contribution in [0.3, 0.4) is 0 Å². The normalized spacial score (nSPS) is 16.9. The molecule has 0 bridgehead atoms. The van der Waals surface area contributed by atoms with E-state index in [9.17, 15) is 4.79 Å². The molecule has 0 unspecified atom stereocenters. The minimum atomic E-state index is -0.0842. The molecule has 2 rings (SSSR count). The number of aromatic amines is 1. The first-order valence-electron chi connectivity index (χ1n) is 5.89. The third kappa shape index (κ3) is 2.87. The van der Waals surface area contributed by atoms with Gasteiger partial charge in [-0.2, -0.15) is 5.10 Å². The SMILES string of the molecule is C=CC(=O)NC1CCN(c2cc(C)[nH]n2)CC1. The number of aryl methyl sites for hydroxylation is 1. The van der Waals surface area contributed by atoms with Crippen molar-refractivity contribution in [3.8, 4) is 0 Å². The van der Waals surface area contributed by atoms with E-state index in [1.807, 2.05) is 13.0 Å². The van der Waals surface area contributed by atoms with Crippen molar-refractivity contribution in [2.45, 2.75) is 25.8 Å². The van der Waals surface area contributed by atoms with Gasteiger partial charge >= 0.3 is 0 Å². The number of carbonyl (C=O) groups excluding carboxylic acids is 1. The van der Waals surface area contributed by atoms with Gasteiger partial charge in [-0.1, -0.05) is 6.58 Å². The Morgan fingerprint density at radius 1 is 1.65 bits per heavy atom. The monoisotopic (exact) mass is 234 g/mol. The van der Waals surface area contributed by atoms with Crippen molar-refractivity contribution < 1.29 is 4.79 Å². The van der Waals surface area contributed by atoms with Crippen molar-refractivity contribution >= 4 is 11.7 Å². The van der Waals surface area contributed by atoms with E-state index in [0.29, 0.717) is 0 Å². The Hall–Kier alpha value is -1.78. The molecule has 5 heteroatoms. The molecule has 0 spiro atoms. The number of nitrogens with one attached hydrogen (secondary N) is 2. The first-order valence-corrected chi connectivity index (χ1v) is 5.89. The molecular formula is C12H18N4O. The topological polar surface area (TPSA) is 61.0 Å². The number of hydrogen-bond acceptors (Lipinski definition) is 3. The number of H-pyrrole nitrogens is 1. The fourth-order valence-corrected chi connectivity index (χ4v) is 2.08. The molecular weight excluding hydrogens is 216 g/mol. The molecule has 0 aromatic carbocycles. The Labute approximate surface area is 101 Å². The molecule has 92 valence electrons. The first kappa shape index (κ1) is 11.7. The number of amides is 1. The fourth-order valence-electron chi connectivity index (χ4n) is 2.08. The van der Waals surface area contributed by atoms with Crippen LogP contribution >= 0.6 is 0 Å². The van der Waals surface area contributed by atoms with Gasteiger partial charge in [-0.25, -0.2) is 0 Å². The molecule has 0 aliphatic carbocycles. The lowest BCUT2D eigenvalue weighted by Crippen LogP contribution is -2.44. The molecule has 1 amide bonds. The van der Waals surface area contributed by atoms with Crippen LogP contribution in [0.5, 0.6) is 0 Å². The maximum absolute atomic E-state index is 11.2. The van der Waals surface area contributed by atoms with Crippen LogP contribution in [0.25, 0.3) is 0 Å². The van der Waals surface area contributed by atoms with Crippen LogP contribution in [0.2, 0.25) is 0 Å². The molecule has 0 atom stereocenters. The minimum absolute atomic E-state index is 0.0842. The number of hydrogen-bond donors (Lipinski definition) is 2. The van der Waals surface area contributed by atoms with Crippen molar-refractivity contribution in [2.24, 2.45) is 0 Å². The largest absolute Gasteiger partial charge is 0.355 e. The average Bonchev–Trinajstić information content (AvgIpc) is 2.77. The Balaban J connectivity index is 1.85. The molecule has 1 aromatic rings. The highest BCUT2D eigenvalue weighted by Crippen LogP contribution is 2.18. The van der Waals surface area contributed by atoms with Crippen LogP contribution in [-0.2, 0) is 4.79 Å². The smallest absolute Gasteiger partial charge is 0.243 e. The Bertz CT molecular complexity index is 404. The van der Waals surface area contributed by atoms with Crippen LogP contribution in [-0.4, -0.2) is 35.2 Å². The molecule has 1 saturated heterocycles. The van der Waals surface area contributed by atoms with Crippen molar-refractivity contribution in [2.75, 3.05) is 18.0 Å². The van der Waals surface area contributed by atoms with E-state index >= 15 is 0 Å². The summed E-state index contributed by atoms with van der Waals surface area (Å²) in [6, 6.07) is 2.31. The van der Waals surface area contributed by atoms with Gasteiger partial charge in [0.25, 0.3) is 0 Å². The van der Waals surface area contributed by atoms with Crippen LogP contribution in [0.1, 0.15) is 18.5 Å². The van der Waals surface area contributed by atoms with Crippen molar-refractivity contribution in [1.29, 1.82) is 0 Å². The van der Waals surface area contributed by atoms with Crippen molar-refractivity contribution in [3.63, 3.8) is 0 Å². The summed E-state index contributed by atoms with van der Waals surface area (Å²) in [5.74, 6) is 0.912. The molecule has 2 heterocycles. The number of aromatic nitrogens is 2. The number of piperidine rings is 1. The van der Waals surface area contributed by atoms with Gasteiger partial charge in [0.05, 0.1) is 0 Å². The number of anilines is 1. The van der Waals surface area contributed by atoms with Gasteiger partial charge in [0.1, 0.15) is 0 Å². The standard InChI is InChI=1S/C12H18N4O/c1-3-12(17)13-10-4-6-16(7-5-10)11-8-9(2)14-15-11/h3,8,10H,1,4-7H2,2H3,(H,13,17)(H,14,15). The van der Waals surface area contributed by atoms with E-state index in [0.717, 1.165) is 37.4 Å².